The van der Waals surface area contributed by atoms with Crippen molar-refractivity contribution in [2.75, 3.05) is 25.0 Å². The second kappa shape index (κ2) is 6.98. The first-order valence-electron chi connectivity index (χ1n) is 7.63. The van der Waals surface area contributed by atoms with E-state index in [9.17, 15) is 9.90 Å². The molecule has 2 heterocycles. The second-order valence-electron chi connectivity index (χ2n) is 5.71. The van der Waals surface area contributed by atoms with Gasteiger partial charge in [-0.1, -0.05) is 12.1 Å². The van der Waals surface area contributed by atoms with Crippen LogP contribution in [0.4, 0.5) is 5.69 Å². The molecule has 1 aromatic heterocycles. The van der Waals surface area contributed by atoms with Gasteiger partial charge in [0.25, 0.3) is 0 Å². The van der Waals surface area contributed by atoms with E-state index in [1.165, 1.54) is 17.3 Å². The highest BCUT2D eigenvalue weighted by Crippen LogP contribution is 2.29. The third kappa shape index (κ3) is 3.81. The Labute approximate surface area is 140 Å². The van der Waals surface area contributed by atoms with E-state index in [4.69, 9.17) is 0 Å². The molecule has 1 aliphatic heterocycles. The number of amides is 1. The van der Waals surface area contributed by atoms with Crippen LogP contribution >= 0.6 is 11.3 Å². The second-order valence-corrected chi connectivity index (χ2v) is 6.49. The van der Waals surface area contributed by atoms with Gasteiger partial charge in [-0.3, -0.25) is 4.79 Å². The maximum absolute atomic E-state index is 11.8. The number of fused-ring (bicyclic) bond motifs is 1. The quantitative estimate of drug-likeness (QED) is 0.830. The number of aliphatic hydroxyl groups excluding tert-OH is 1. The number of anilines is 1. The summed E-state index contributed by atoms with van der Waals surface area (Å²) in [4.78, 5) is 14.0. The van der Waals surface area contributed by atoms with Gasteiger partial charge in [-0.2, -0.15) is 11.3 Å². The zero-order chi connectivity index (χ0) is 16.2. The van der Waals surface area contributed by atoms with Gasteiger partial charge < -0.3 is 15.3 Å². The minimum atomic E-state index is -0.690. The van der Waals surface area contributed by atoms with Gasteiger partial charge in [0, 0.05) is 31.9 Å². The number of rotatable bonds is 5. The normalized spacial score (nSPS) is 15.0. The Morgan fingerprint density at radius 2 is 2.35 bits per heavy atom. The Bertz CT molecular complexity index is 710. The van der Waals surface area contributed by atoms with Crippen LogP contribution in [-0.2, 0) is 11.2 Å². The lowest BCUT2D eigenvalue weighted by Gasteiger charge is -2.15. The molecule has 3 rings (SSSR count). The molecule has 23 heavy (non-hydrogen) atoms. The van der Waals surface area contributed by atoms with Crippen LogP contribution in [0.2, 0.25) is 0 Å². The summed E-state index contributed by atoms with van der Waals surface area (Å²) in [5.41, 5.74) is 4.34. The Kier molecular flexibility index (Phi) is 4.79. The predicted octanol–water partition coefficient (Wildman–Crippen LogP) is 2.60. The zero-order valence-corrected chi connectivity index (χ0v) is 13.8. The third-order valence-electron chi connectivity index (χ3n) is 4.06. The number of aliphatic hydroxyl groups is 1. The fourth-order valence-corrected chi connectivity index (χ4v) is 3.34. The standard InChI is InChI=1S/C18H20N2O2S/c1-20-8-6-14-10-15(3-4-16(14)20)17(21)11-19-18(22)5-2-13-7-9-23-12-13/h2-5,7,9-10,12,17,21H,6,8,11H2,1H3,(H,19,22)/b5-2+/t17-/m1/s1. The smallest absolute Gasteiger partial charge is 0.244 e. The van der Waals surface area contributed by atoms with Crippen molar-refractivity contribution < 1.29 is 9.90 Å². The highest BCUT2D eigenvalue weighted by molar-refractivity contribution is 7.08. The largest absolute Gasteiger partial charge is 0.387 e. The predicted molar refractivity (Wildman–Crippen MR) is 94.7 cm³/mol. The number of nitrogens with zero attached hydrogens (tertiary/aromatic N) is 1. The van der Waals surface area contributed by atoms with Crippen LogP contribution in [-0.4, -0.2) is 31.2 Å². The van der Waals surface area contributed by atoms with Gasteiger partial charge in [0.15, 0.2) is 0 Å². The molecule has 0 bridgehead atoms. The van der Waals surface area contributed by atoms with Crippen LogP contribution in [0.25, 0.3) is 6.08 Å². The van der Waals surface area contributed by atoms with Crippen molar-refractivity contribution in [2.24, 2.45) is 0 Å². The maximum atomic E-state index is 11.8. The van der Waals surface area contributed by atoms with Crippen LogP contribution < -0.4 is 10.2 Å². The minimum Gasteiger partial charge on any atom is -0.387 e. The van der Waals surface area contributed by atoms with E-state index < -0.39 is 6.10 Å². The van der Waals surface area contributed by atoms with Gasteiger partial charge in [-0.25, -0.2) is 0 Å². The molecular formula is C18H20N2O2S. The Hall–Kier alpha value is -2.11. The molecule has 0 spiro atoms. The summed E-state index contributed by atoms with van der Waals surface area (Å²) < 4.78 is 0. The fraction of sp³-hybridized carbons (Fsp3) is 0.278. The number of thiophene rings is 1. The molecule has 2 aromatic rings. The molecule has 1 atom stereocenters. The number of hydrogen-bond acceptors (Lipinski definition) is 4. The molecule has 0 saturated carbocycles. The Morgan fingerprint density at radius 1 is 1.48 bits per heavy atom. The minimum absolute atomic E-state index is 0.198. The van der Waals surface area contributed by atoms with Crippen molar-refractivity contribution >= 4 is 29.0 Å². The fourth-order valence-electron chi connectivity index (χ4n) is 2.71. The highest BCUT2D eigenvalue weighted by atomic mass is 32.1. The molecule has 2 N–H and O–H groups in total. The van der Waals surface area contributed by atoms with Gasteiger partial charge >= 0.3 is 0 Å². The number of likely N-dealkylation sites (N-methyl/N-ethyl adjacent to an activating group) is 1. The SMILES string of the molecule is CN1CCc2cc([C@H](O)CNC(=O)/C=C/c3ccsc3)ccc21. The number of carbonyl (C=O) groups excluding carboxylic acids is 1. The van der Waals surface area contributed by atoms with Crippen LogP contribution in [0.15, 0.2) is 41.1 Å². The summed E-state index contributed by atoms with van der Waals surface area (Å²) in [5, 5.41) is 16.9. The van der Waals surface area contributed by atoms with Gasteiger partial charge in [-0.15, -0.1) is 0 Å². The number of benzene rings is 1. The van der Waals surface area contributed by atoms with Crippen molar-refractivity contribution in [1.29, 1.82) is 0 Å². The van der Waals surface area contributed by atoms with E-state index in [1.54, 1.807) is 17.4 Å². The zero-order valence-electron chi connectivity index (χ0n) is 13.0. The van der Waals surface area contributed by atoms with Crippen molar-refractivity contribution in [3.8, 4) is 0 Å². The summed E-state index contributed by atoms with van der Waals surface area (Å²) >= 11 is 1.59. The summed E-state index contributed by atoms with van der Waals surface area (Å²) in [6, 6.07) is 7.96. The molecule has 5 heteroatoms. The lowest BCUT2D eigenvalue weighted by atomic mass is 10.0. The summed E-state index contributed by atoms with van der Waals surface area (Å²) in [5.74, 6) is -0.198. The van der Waals surface area contributed by atoms with Crippen LogP contribution in [0.3, 0.4) is 0 Å². The first kappa shape index (κ1) is 15.8. The number of nitrogens with one attached hydrogen (secondary N) is 1. The molecule has 0 saturated heterocycles. The molecular weight excluding hydrogens is 308 g/mol. The van der Waals surface area contributed by atoms with Crippen LogP contribution in [0, 0.1) is 0 Å². The van der Waals surface area contributed by atoms with Crippen molar-refractivity contribution in [3.05, 3.63) is 57.8 Å². The molecule has 4 nitrogen and oxygen atoms in total. The average molecular weight is 328 g/mol. The average Bonchev–Trinajstić information content (AvgIpc) is 3.20. The number of carbonyl (C=O) groups is 1. The Balaban J connectivity index is 1.55. The first-order valence-corrected chi connectivity index (χ1v) is 8.58. The van der Waals surface area contributed by atoms with Crippen molar-refractivity contribution in [2.45, 2.75) is 12.5 Å². The van der Waals surface area contributed by atoms with E-state index in [0.29, 0.717) is 0 Å². The van der Waals surface area contributed by atoms with Gasteiger partial charge in [0.2, 0.25) is 5.91 Å². The van der Waals surface area contributed by atoms with Crippen LogP contribution in [0.1, 0.15) is 22.8 Å². The molecule has 0 radical (unpaired) electrons. The highest BCUT2D eigenvalue weighted by Gasteiger charge is 2.17. The maximum Gasteiger partial charge on any atom is 0.244 e. The molecule has 1 aliphatic rings. The molecule has 1 aromatic carbocycles. The third-order valence-corrected chi connectivity index (χ3v) is 4.76. The molecule has 1 amide bonds. The van der Waals surface area contributed by atoms with E-state index in [2.05, 4.69) is 17.3 Å². The van der Waals surface area contributed by atoms with Crippen molar-refractivity contribution in [3.63, 3.8) is 0 Å². The van der Waals surface area contributed by atoms with Crippen LogP contribution in [0.5, 0.6) is 0 Å². The number of hydrogen-bond donors (Lipinski definition) is 2. The summed E-state index contributed by atoms with van der Waals surface area (Å²) in [7, 11) is 2.07. The molecule has 0 unspecified atom stereocenters. The topological polar surface area (TPSA) is 52.6 Å². The van der Waals surface area contributed by atoms with E-state index in [0.717, 1.165) is 24.1 Å². The lowest BCUT2D eigenvalue weighted by molar-refractivity contribution is -0.116. The molecule has 0 aliphatic carbocycles. The molecule has 120 valence electrons. The monoisotopic (exact) mass is 328 g/mol. The summed E-state index contributed by atoms with van der Waals surface area (Å²) in [6.07, 6.45) is 3.57. The van der Waals surface area contributed by atoms with Gasteiger partial charge in [-0.05, 0) is 52.1 Å². The van der Waals surface area contributed by atoms with E-state index in [-0.39, 0.29) is 12.5 Å². The van der Waals surface area contributed by atoms with Gasteiger partial charge in [0.05, 0.1) is 6.10 Å². The Morgan fingerprint density at radius 3 is 3.13 bits per heavy atom. The van der Waals surface area contributed by atoms with E-state index in [1.807, 2.05) is 35.0 Å². The molecule has 0 fully saturated rings. The first-order chi connectivity index (χ1) is 11.1. The van der Waals surface area contributed by atoms with Gasteiger partial charge in [0.1, 0.15) is 0 Å². The van der Waals surface area contributed by atoms with E-state index >= 15 is 0 Å². The summed E-state index contributed by atoms with van der Waals surface area (Å²) in [6.45, 7) is 1.22. The van der Waals surface area contributed by atoms with Crippen molar-refractivity contribution in [1.82, 2.24) is 5.32 Å². The lowest BCUT2D eigenvalue weighted by Crippen LogP contribution is -2.26.